The van der Waals surface area contributed by atoms with Crippen LogP contribution in [0.3, 0.4) is 0 Å². The van der Waals surface area contributed by atoms with Gasteiger partial charge in [0.2, 0.25) is 0 Å². The summed E-state index contributed by atoms with van der Waals surface area (Å²) in [6, 6.07) is 10.3. The molecule has 0 aliphatic rings. The number of aromatic nitrogens is 1. The van der Waals surface area contributed by atoms with Gasteiger partial charge in [-0.25, -0.2) is 9.78 Å². The van der Waals surface area contributed by atoms with Crippen LogP contribution in [0.5, 0.6) is 0 Å². The summed E-state index contributed by atoms with van der Waals surface area (Å²) in [6.45, 7) is 0. The van der Waals surface area contributed by atoms with Gasteiger partial charge in [0, 0.05) is 16.1 Å². The van der Waals surface area contributed by atoms with Gasteiger partial charge in [0.05, 0.1) is 15.8 Å². The number of carboxylic acid groups (broad SMARTS) is 1. The number of nitrogen functional groups attached to an aromatic ring is 1. The zero-order chi connectivity index (χ0) is 14.3. The number of hydrogen-bond acceptors (Lipinski definition) is 5. The van der Waals surface area contributed by atoms with Crippen LogP contribution >= 0.6 is 24.0 Å². The van der Waals surface area contributed by atoms with Gasteiger partial charge >= 0.3 is 5.97 Å². The molecule has 0 atom stereocenters. The first kappa shape index (κ1) is 13.0. The number of thiazole rings is 1. The zero-order valence-electron chi connectivity index (χ0n) is 10.2. The summed E-state index contributed by atoms with van der Waals surface area (Å²) in [5.41, 5.74) is 8.37. The van der Waals surface area contributed by atoms with Crippen molar-refractivity contribution in [2.75, 3.05) is 5.73 Å². The first-order valence-corrected chi connectivity index (χ1v) is 7.04. The number of fused-ring (bicyclic) bond motifs is 1. The second-order valence-corrected chi connectivity index (χ2v) is 5.79. The minimum atomic E-state index is -0.937. The fourth-order valence-corrected chi connectivity index (χ4v) is 3.13. The largest absolute Gasteiger partial charge is 0.478 e. The Labute approximate surface area is 124 Å². The molecule has 3 N–H and O–H groups in total. The molecule has 100 valence electrons. The highest BCUT2D eigenvalue weighted by atomic mass is 32.1. The molecule has 0 unspecified atom stereocenters. The number of carboxylic acids is 1. The Hall–Kier alpha value is -2.05. The van der Waals surface area contributed by atoms with E-state index in [-0.39, 0.29) is 5.56 Å². The molecule has 6 heteroatoms. The monoisotopic (exact) mass is 302 g/mol. The number of hydrogen-bond donors (Lipinski definition) is 3. The van der Waals surface area contributed by atoms with Crippen LogP contribution in [0.4, 0.5) is 5.69 Å². The average Bonchev–Trinajstić information content (AvgIpc) is 2.82. The van der Waals surface area contributed by atoms with Gasteiger partial charge in [0.1, 0.15) is 5.01 Å². The second kappa shape index (κ2) is 4.81. The Morgan fingerprint density at radius 1 is 1.25 bits per heavy atom. The van der Waals surface area contributed by atoms with E-state index < -0.39 is 5.97 Å². The predicted octanol–water partition coefficient (Wildman–Crippen LogP) is 3.53. The quantitative estimate of drug-likeness (QED) is 0.500. The molecule has 0 radical (unpaired) electrons. The SMILES string of the molecule is Nc1cc2nc(-c3ccc(C(=O)O)cc3)sc2cc1S. The molecule has 3 aromatic rings. The third kappa shape index (κ3) is 2.23. The summed E-state index contributed by atoms with van der Waals surface area (Å²) < 4.78 is 1.00. The lowest BCUT2D eigenvalue weighted by atomic mass is 10.1. The van der Waals surface area contributed by atoms with E-state index in [1.54, 1.807) is 30.3 Å². The van der Waals surface area contributed by atoms with Gasteiger partial charge in [-0.2, -0.15) is 0 Å². The average molecular weight is 302 g/mol. The number of rotatable bonds is 2. The summed E-state index contributed by atoms with van der Waals surface area (Å²) in [6.07, 6.45) is 0. The standard InChI is InChI=1S/C14H10N2O2S2/c15-9-5-10-12(6-11(9)19)20-13(16-10)7-1-3-8(4-2-7)14(17)18/h1-6,19H,15H2,(H,17,18). The molecule has 0 saturated heterocycles. The molecule has 0 fully saturated rings. The van der Waals surface area contributed by atoms with E-state index in [1.807, 2.05) is 6.07 Å². The van der Waals surface area contributed by atoms with Crippen LogP contribution in [0.2, 0.25) is 0 Å². The predicted molar refractivity (Wildman–Crippen MR) is 83.7 cm³/mol. The van der Waals surface area contributed by atoms with E-state index in [0.29, 0.717) is 5.69 Å². The molecule has 0 aliphatic heterocycles. The fourth-order valence-electron chi connectivity index (χ4n) is 1.86. The van der Waals surface area contributed by atoms with E-state index in [4.69, 9.17) is 10.8 Å². The van der Waals surface area contributed by atoms with Crippen LogP contribution in [0, 0.1) is 0 Å². The lowest BCUT2D eigenvalue weighted by molar-refractivity contribution is 0.0697. The molecule has 2 aromatic carbocycles. The third-order valence-corrected chi connectivity index (χ3v) is 4.37. The van der Waals surface area contributed by atoms with Crippen LogP contribution < -0.4 is 5.73 Å². The topological polar surface area (TPSA) is 76.2 Å². The van der Waals surface area contributed by atoms with Crippen molar-refractivity contribution in [3.63, 3.8) is 0 Å². The molecule has 0 bridgehead atoms. The maximum Gasteiger partial charge on any atom is 0.335 e. The van der Waals surface area contributed by atoms with Crippen LogP contribution in [0.25, 0.3) is 20.8 Å². The van der Waals surface area contributed by atoms with Crippen molar-refractivity contribution in [1.29, 1.82) is 0 Å². The highest BCUT2D eigenvalue weighted by Gasteiger charge is 2.09. The Balaban J connectivity index is 2.07. The first-order valence-electron chi connectivity index (χ1n) is 5.77. The lowest BCUT2D eigenvalue weighted by Gasteiger charge is -1.97. The van der Waals surface area contributed by atoms with Gasteiger partial charge in [-0.3, -0.25) is 0 Å². The molecule has 1 aromatic heterocycles. The maximum atomic E-state index is 10.8. The number of thiol groups is 1. The number of anilines is 1. The van der Waals surface area contributed by atoms with Crippen molar-refractivity contribution in [2.45, 2.75) is 4.90 Å². The molecular formula is C14H10N2O2S2. The van der Waals surface area contributed by atoms with Crippen molar-refractivity contribution in [1.82, 2.24) is 4.98 Å². The molecule has 1 heterocycles. The van der Waals surface area contributed by atoms with E-state index >= 15 is 0 Å². The molecule has 0 spiro atoms. The molecule has 3 rings (SSSR count). The number of benzene rings is 2. The molecule has 20 heavy (non-hydrogen) atoms. The van der Waals surface area contributed by atoms with Crippen LogP contribution in [-0.2, 0) is 0 Å². The van der Waals surface area contributed by atoms with Gasteiger partial charge in [0.15, 0.2) is 0 Å². The molecule has 4 nitrogen and oxygen atoms in total. The fraction of sp³-hybridized carbons (Fsp3) is 0. The van der Waals surface area contributed by atoms with Gasteiger partial charge in [0.25, 0.3) is 0 Å². The molecular weight excluding hydrogens is 292 g/mol. The summed E-state index contributed by atoms with van der Waals surface area (Å²) in [4.78, 5) is 16.1. The minimum Gasteiger partial charge on any atom is -0.478 e. The van der Waals surface area contributed by atoms with E-state index in [2.05, 4.69) is 17.6 Å². The lowest BCUT2D eigenvalue weighted by Crippen LogP contribution is -1.94. The Morgan fingerprint density at radius 3 is 2.60 bits per heavy atom. The van der Waals surface area contributed by atoms with Gasteiger partial charge in [-0.05, 0) is 24.3 Å². The van der Waals surface area contributed by atoms with Crippen molar-refractivity contribution < 1.29 is 9.90 Å². The number of carbonyl (C=O) groups is 1. The second-order valence-electron chi connectivity index (χ2n) is 4.28. The Bertz CT molecular complexity index is 771. The Morgan fingerprint density at radius 2 is 1.95 bits per heavy atom. The number of nitrogens with zero attached hydrogens (tertiary/aromatic N) is 1. The van der Waals surface area contributed by atoms with Crippen molar-refractivity contribution in [3.8, 4) is 10.6 Å². The van der Waals surface area contributed by atoms with Crippen molar-refractivity contribution in [3.05, 3.63) is 42.0 Å². The molecule has 0 aliphatic carbocycles. The van der Waals surface area contributed by atoms with E-state index in [0.717, 1.165) is 25.7 Å². The summed E-state index contributed by atoms with van der Waals surface area (Å²) in [7, 11) is 0. The summed E-state index contributed by atoms with van der Waals surface area (Å²) >= 11 is 5.82. The highest BCUT2D eigenvalue weighted by molar-refractivity contribution is 7.80. The minimum absolute atomic E-state index is 0.261. The van der Waals surface area contributed by atoms with E-state index in [1.165, 1.54) is 11.3 Å². The van der Waals surface area contributed by atoms with Gasteiger partial charge < -0.3 is 10.8 Å². The van der Waals surface area contributed by atoms with Crippen LogP contribution in [0.1, 0.15) is 10.4 Å². The van der Waals surface area contributed by atoms with E-state index in [9.17, 15) is 4.79 Å². The first-order chi connectivity index (χ1) is 9.54. The van der Waals surface area contributed by atoms with Crippen LogP contribution in [0.15, 0.2) is 41.3 Å². The van der Waals surface area contributed by atoms with Gasteiger partial charge in [-0.15, -0.1) is 24.0 Å². The maximum absolute atomic E-state index is 10.8. The van der Waals surface area contributed by atoms with Gasteiger partial charge in [-0.1, -0.05) is 12.1 Å². The Kier molecular flexibility index (Phi) is 3.11. The summed E-state index contributed by atoms with van der Waals surface area (Å²) in [5.74, 6) is -0.937. The third-order valence-electron chi connectivity index (χ3n) is 2.92. The smallest absolute Gasteiger partial charge is 0.335 e. The summed E-state index contributed by atoms with van der Waals surface area (Å²) in [5, 5.41) is 9.72. The highest BCUT2D eigenvalue weighted by Crippen LogP contribution is 2.33. The number of nitrogens with two attached hydrogens (primary N) is 1. The normalized spacial score (nSPS) is 10.8. The van der Waals surface area contributed by atoms with Crippen molar-refractivity contribution >= 4 is 45.8 Å². The molecule has 0 saturated carbocycles. The number of aromatic carboxylic acids is 1. The molecule has 0 amide bonds. The zero-order valence-corrected chi connectivity index (χ0v) is 11.9. The van der Waals surface area contributed by atoms with Crippen LogP contribution in [-0.4, -0.2) is 16.1 Å². The van der Waals surface area contributed by atoms with Crippen molar-refractivity contribution in [2.24, 2.45) is 0 Å².